The van der Waals surface area contributed by atoms with Crippen molar-refractivity contribution < 1.29 is 14.0 Å². The highest BCUT2D eigenvalue weighted by Crippen LogP contribution is 2.15. The number of carbonyl (C=O) groups excluding carboxylic acids is 2. The Hall–Kier alpha value is -3.22. The van der Waals surface area contributed by atoms with Gasteiger partial charge in [0.1, 0.15) is 11.9 Å². The first-order valence-electron chi connectivity index (χ1n) is 7.35. The van der Waals surface area contributed by atoms with Crippen LogP contribution < -0.4 is 10.6 Å². The maximum atomic E-state index is 13.1. The molecule has 0 fully saturated rings. The Labute approximate surface area is 137 Å². The minimum absolute atomic E-state index is 0.219. The number of rotatable bonds is 4. The maximum Gasteiger partial charge on any atom is 0.273 e. The average Bonchev–Trinajstić information content (AvgIpc) is 2.99. The monoisotopic (exact) mass is 326 g/mol. The number of hydrogen-bond acceptors (Lipinski definition) is 3. The smallest absolute Gasteiger partial charge is 0.273 e. The van der Waals surface area contributed by atoms with Crippen LogP contribution in [0.1, 0.15) is 17.4 Å². The van der Waals surface area contributed by atoms with Gasteiger partial charge in [-0.1, -0.05) is 24.3 Å². The molecule has 2 aromatic carbocycles. The summed E-state index contributed by atoms with van der Waals surface area (Å²) < 4.78 is 13.1. The number of H-pyrrole nitrogens is 1. The summed E-state index contributed by atoms with van der Waals surface area (Å²) in [5.41, 5.74) is 1.28. The molecule has 1 unspecified atom stereocenters. The molecule has 0 radical (unpaired) electrons. The molecule has 0 saturated heterocycles. The van der Waals surface area contributed by atoms with Gasteiger partial charge >= 0.3 is 0 Å². The van der Waals surface area contributed by atoms with Gasteiger partial charge < -0.3 is 10.6 Å². The number of hydrogen-bond donors (Lipinski definition) is 3. The van der Waals surface area contributed by atoms with E-state index in [1.165, 1.54) is 18.2 Å². The average molecular weight is 326 g/mol. The molecule has 0 aliphatic rings. The number of para-hydroxylation sites is 1. The molecule has 0 spiro atoms. The summed E-state index contributed by atoms with van der Waals surface area (Å²) in [6.07, 6.45) is 0. The molecule has 0 bridgehead atoms. The van der Waals surface area contributed by atoms with E-state index in [2.05, 4.69) is 20.8 Å². The van der Waals surface area contributed by atoms with Gasteiger partial charge in [-0.2, -0.15) is 5.10 Å². The zero-order chi connectivity index (χ0) is 17.1. The van der Waals surface area contributed by atoms with Gasteiger partial charge in [0.25, 0.3) is 5.91 Å². The van der Waals surface area contributed by atoms with Crippen LogP contribution in [0.3, 0.4) is 0 Å². The van der Waals surface area contributed by atoms with E-state index in [4.69, 9.17) is 0 Å². The third-order valence-electron chi connectivity index (χ3n) is 3.52. The van der Waals surface area contributed by atoms with Crippen LogP contribution in [0.2, 0.25) is 0 Å². The number of aromatic amines is 1. The summed E-state index contributed by atoms with van der Waals surface area (Å²) in [5, 5.41) is 12.6. The number of carbonyl (C=O) groups is 2. The largest absolute Gasteiger partial charge is 0.339 e. The second-order valence-corrected chi connectivity index (χ2v) is 5.31. The molecule has 0 aliphatic carbocycles. The Kier molecular flexibility index (Phi) is 4.24. The van der Waals surface area contributed by atoms with Crippen LogP contribution in [0.15, 0.2) is 48.5 Å². The Morgan fingerprint density at radius 3 is 2.75 bits per heavy atom. The first kappa shape index (κ1) is 15.7. The Morgan fingerprint density at radius 2 is 1.96 bits per heavy atom. The van der Waals surface area contributed by atoms with Crippen molar-refractivity contribution >= 4 is 28.4 Å². The van der Waals surface area contributed by atoms with Gasteiger partial charge in [-0.15, -0.1) is 0 Å². The number of benzene rings is 2. The van der Waals surface area contributed by atoms with Crippen molar-refractivity contribution in [2.24, 2.45) is 0 Å². The zero-order valence-electron chi connectivity index (χ0n) is 12.8. The van der Waals surface area contributed by atoms with Crippen LogP contribution in [0.4, 0.5) is 10.1 Å². The summed E-state index contributed by atoms with van der Waals surface area (Å²) in [6, 6.07) is 11.9. The third-order valence-corrected chi connectivity index (χ3v) is 3.52. The molecule has 2 amide bonds. The summed E-state index contributed by atoms with van der Waals surface area (Å²) in [4.78, 5) is 24.4. The lowest BCUT2D eigenvalue weighted by molar-refractivity contribution is -0.117. The minimum Gasteiger partial charge on any atom is -0.339 e. The quantitative estimate of drug-likeness (QED) is 0.688. The van der Waals surface area contributed by atoms with E-state index in [1.54, 1.807) is 31.2 Å². The zero-order valence-corrected chi connectivity index (χ0v) is 12.8. The fraction of sp³-hybridized carbons (Fsp3) is 0.118. The molecule has 6 nitrogen and oxygen atoms in total. The predicted molar refractivity (Wildman–Crippen MR) is 88.1 cm³/mol. The molecule has 0 aliphatic heterocycles. The van der Waals surface area contributed by atoms with Crippen LogP contribution in [0.5, 0.6) is 0 Å². The normalized spacial score (nSPS) is 11.9. The molecule has 0 saturated carbocycles. The lowest BCUT2D eigenvalue weighted by atomic mass is 10.2. The van der Waals surface area contributed by atoms with Crippen molar-refractivity contribution in [3.05, 3.63) is 60.0 Å². The van der Waals surface area contributed by atoms with Crippen molar-refractivity contribution in [3.8, 4) is 0 Å². The fourth-order valence-corrected chi connectivity index (χ4v) is 2.28. The van der Waals surface area contributed by atoms with Crippen LogP contribution >= 0.6 is 0 Å². The van der Waals surface area contributed by atoms with Gasteiger partial charge in [-0.05, 0) is 31.2 Å². The van der Waals surface area contributed by atoms with Crippen LogP contribution in [0, 0.1) is 5.82 Å². The van der Waals surface area contributed by atoms with Gasteiger partial charge in [0.05, 0.1) is 5.52 Å². The van der Waals surface area contributed by atoms with Gasteiger partial charge in [0, 0.05) is 11.1 Å². The lowest BCUT2D eigenvalue weighted by Gasteiger charge is -2.13. The van der Waals surface area contributed by atoms with Crippen molar-refractivity contribution in [1.29, 1.82) is 0 Å². The second-order valence-electron chi connectivity index (χ2n) is 5.31. The third kappa shape index (κ3) is 3.24. The summed E-state index contributed by atoms with van der Waals surface area (Å²) in [5.74, 6) is -1.37. The number of nitrogens with zero attached hydrogens (tertiary/aromatic N) is 1. The molecular formula is C17H15FN4O2. The molecular weight excluding hydrogens is 311 g/mol. The number of amides is 2. The molecule has 7 heteroatoms. The van der Waals surface area contributed by atoms with E-state index in [-0.39, 0.29) is 5.69 Å². The number of fused-ring (bicyclic) bond motifs is 1. The van der Waals surface area contributed by atoms with E-state index < -0.39 is 23.7 Å². The van der Waals surface area contributed by atoms with Gasteiger partial charge in [0.15, 0.2) is 5.69 Å². The van der Waals surface area contributed by atoms with E-state index in [9.17, 15) is 14.0 Å². The Bertz CT molecular complexity index is 906. The van der Waals surface area contributed by atoms with Crippen molar-refractivity contribution in [2.45, 2.75) is 13.0 Å². The van der Waals surface area contributed by atoms with Gasteiger partial charge in [-0.25, -0.2) is 4.39 Å². The SMILES string of the molecule is CC(NC(=O)c1n[nH]c2ccccc12)C(=O)Nc1cccc(F)c1. The number of aromatic nitrogens is 2. The molecule has 1 heterocycles. The summed E-state index contributed by atoms with van der Waals surface area (Å²) in [6.45, 7) is 1.54. The van der Waals surface area contributed by atoms with E-state index in [1.807, 2.05) is 6.07 Å². The number of nitrogens with one attached hydrogen (secondary N) is 3. The second kappa shape index (κ2) is 6.49. The topological polar surface area (TPSA) is 86.9 Å². The minimum atomic E-state index is -0.809. The molecule has 24 heavy (non-hydrogen) atoms. The van der Waals surface area contributed by atoms with Gasteiger partial charge in [-0.3, -0.25) is 14.7 Å². The van der Waals surface area contributed by atoms with Crippen LogP contribution in [-0.2, 0) is 4.79 Å². The lowest BCUT2D eigenvalue weighted by Crippen LogP contribution is -2.41. The van der Waals surface area contributed by atoms with E-state index in [0.29, 0.717) is 11.1 Å². The van der Waals surface area contributed by atoms with Gasteiger partial charge in [0.2, 0.25) is 5.91 Å². The number of anilines is 1. The van der Waals surface area contributed by atoms with Crippen molar-refractivity contribution in [3.63, 3.8) is 0 Å². The molecule has 1 atom stereocenters. The standard InChI is InChI=1S/C17H15FN4O2/c1-10(16(23)20-12-6-4-5-11(18)9-12)19-17(24)15-13-7-2-3-8-14(13)21-22-15/h2-10H,1H3,(H,19,24)(H,20,23)(H,21,22). The first-order chi connectivity index (χ1) is 11.5. The van der Waals surface area contributed by atoms with Crippen LogP contribution in [0.25, 0.3) is 10.9 Å². The Morgan fingerprint density at radius 1 is 1.17 bits per heavy atom. The fourth-order valence-electron chi connectivity index (χ4n) is 2.28. The highest BCUT2D eigenvalue weighted by molar-refractivity contribution is 6.06. The maximum absolute atomic E-state index is 13.1. The van der Waals surface area contributed by atoms with Crippen LogP contribution in [-0.4, -0.2) is 28.1 Å². The molecule has 3 rings (SSSR count). The molecule has 3 aromatic rings. The summed E-state index contributed by atoms with van der Waals surface area (Å²) in [7, 11) is 0. The highest BCUT2D eigenvalue weighted by Gasteiger charge is 2.20. The molecule has 3 N–H and O–H groups in total. The van der Waals surface area contributed by atoms with Crippen molar-refractivity contribution in [2.75, 3.05) is 5.32 Å². The number of halogens is 1. The predicted octanol–water partition coefficient (Wildman–Crippen LogP) is 2.46. The highest BCUT2D eigenvalue weighted by atomic mass is 19.1. The summed E-state index contributed by atoms with van der Waals surface area (Å²) >= 11 is 0. The first-order valence-corrected chi connectivity index (χ1v) is 7.35. The van der Waals surface area contributed by atoms with E-state index in [0.717, 1.165) is 5.52 Å². The van der Waals surface area contributed by atoms with E-state index >= 15 is 0 Å². The Balaban J connectivity index is 1.68. The molecule has 122 valence electrons. The van der Waals surface area contributed by atoms with Crippen molar-refractivity contribution in [1.82, 2.24) is 15.5 Å². The molecule has 1 aromatic heterocycles.